The summed E-state index contributed by atoms with van der Waals surface area (Å²) in [7, 11) is 1.33. The lowest BCUT2D eigenvalue weighted by Gasteiger charge is -2.03. The van der Waals surface area contributed by atoms with Crippen molar-refractivity contribution in [2.45, 2.75) is 26.7 Å². The third-order valence-corrected chi connectivity index (χ3v) is 3.84. The first-order valence-electron chi connectivity index (χ1n) is 7.02. The number of hydrogen-bond acceptors (Lipinski definition) is 5. The molecule has 0 fully saturated rings. The Morgan fingerprint density at radius 2 is 2.23 bits per heavy atom. The van der Waals surface area contributed by atoms with Gasteiger partial charge in [-0.25, -0.2) is 9.78 Å². The number of ether oxygens (including phenoxy) is 1. The van der Waals surface area contributed by atoms with E-state index >= 15 is 0 Å². The molecule has 0 aliphatic carbocycles. The second-order valence-electron chi connectivity index (χ2n) is 5.31. The molecule has 0 bridgehead atoms. The average molecular weight is 321 g/mol. The van der Waals surface area contributed by atoms with E-state index in [1.54, 1.807) is 12.3 Å². The molecule has 0 radical (unpaired) electrons. The van der Waals surface area contributed by atoms with Gasteiger partial charge >= 0.3 is 5.97 Å². The van der Waals surface area contributed by atoms with Crippen molar-refractivity contribution in [1.82, 2.24) is 9.97 Å². The number of rotatable bonds is 6. The van der Waals surface area contributed by atoms with Crippen molar-refractivity contribution in [2.75, 3.05) is 12.4 Å². The van der Waals surface area contributed by atoms with Crippen LogP contribution in [0.2, 0.25) is 0 Å². The Bertz CT molecular complexity index is 661. The van der Waals surface area contributed by atoms with Crippen LogP contribution >= 0.6 is 11.3 Å². The topological polar surface area (TPSA) is 84.1 Å². The van der Waals surface area contributed by atoms with E-state index < -0.39 is 5.97 Å². The van der Waals surface area contributed by atoms with Crippen LogP contribution in [0.1, 0.15) is 37.2 Å². The van der Waals surface area contributed by atoms with Crippen molar-refractivity contribution in [3.05, 3.63) is 23.3 Å². The summed E-state index contributed by atoms with van der Waals surface area (Å²) in [5, 5.41) is 5.19. The summed E-state index contributed by atoms with van der Waals surface area (Å²) in [5.41, 5.74) is 1.85. The Morgan fingerprint density at radius 1 is 1.45 bits per heavy atom. The molecule has 0 saturated heterocycles. The highest BCUT2D eigenvalue weighted by molar-refractivity contribution is 7.14. The van der Waals surface area contributed by atoms with Crippen LogP contribution in [0.3, 0.4) is 0 Å². The number of esters is 1. The summed E-state index contributed by atoms with van der Waals surface area (Å²) >= 11 is 1.36. The summed E-state index contributed by atoms with van der Waals surface area (Å²) in [4.78, 5) is 30.4. The zero-order chi connectivity index (χ0) is 16.1. The van der Waals surface area contributed by atoms with Crippen molar-refractivity contribution in [3.8, 4) is 11.3 Å². The highest BCUT2D eigenvalue weighted by Crippen LogP contribution is 2.25. The number of nitrogens with one attached hydrogen (secondary N) is 2. The minimum atomic E-state index is -0.427. The van der Waals surface area contributed by atoms with Gasteiger partial charge in [-0.2, -0.15) is 0 Å². The maximum atomic E-state index is 11.8. The highest BCUT2D eigenvalue weighted by atomic mass is 32.1. The Balaban J connectivity index is 2.00. The predicted molar refractivity (Wildman–Crippen MR) is 85.9 cm³/mol. The van der Waals surface area contributed by atoms with Gasteiger partial charge in [0.05, 0.1) is 12.8 Å². The molecule has 0 aromatic carbocycles. The quantitative estimate of drug-likeness (QED) is 0.800. The number of H-pyrrole nitrogens is 1. The van der Waals surface area contributed by atoms with Crippen LogP contribution in [0.15, 0.2) is 17.6 Å². The van der Waals surface area contributed by atoms with Gasteiger partial charge in [0.15, 0.2) is 5.13 Å². The molecule has 2 rings (SSSR count). The first kappa shape index (κ1) is 16.2. The Labute approximate surface area is 132 Å². The molecule has 0 atom stereocenters. The number of hydrogen-bond donors (Lipinski definition) is 2. The normalized spacial score (nSPS) is 10.7. The largest absolute Gasteiger partial charge is 0.464 e. The van der Waals surface area contributed by atoms with Gasteiger partial charge in [0.1, 0.15) is 5.69 Å². The minimum Gasteiger partial charge on any atom is -0.464 e. The number of aromatic nitrogens is 2. The first-order valence-corrected chi connectivity index (χ1v) is 7.90. The van der Waals surface area contributed by atoms with Crippen molar-refractivity contribution in [3.63, 3.8) is 0 Å². The fraction of sp³-hybridized carbons (Fsp3) is 0.400. The molecule has 22 heavy (non-hydrogen) atoms. The zero-order valence-corrected chi connectivity index (χ0v) is 13.6. The molecule has 2 heterocycles. The molecule has 2 N–H and O–H groups in total. The van der Waals surface area contributed by atoms with Gasteiger partial charge in [-0.15, -0.1) is 11.3 Å². The summed E-state index contributed by atoms with van der Waals surface area (Å²) in [5.74, 6) is 0.0387. The van der Waals surface area contributed by atoms with Crippen LogP contribution < -0.4 is 5.32 Å². The molecule has 1 amide bonds. The molecular weight excluding hydrogens is 302 g/mol. The number of carbonyl (C=O) groups is 2. The molecule has 0 unspecified atom stereocenters. The zero-order valence-electron chi connectivity index (χ0n) is 12.8. The van der Waals surface area contributed by atoms with Crippen molar-refractivity contribution in [1.29, 1.82) is 0 Å². The number of anilines is 1. The molecule has 0 spiro atoms. The molecule has 118 valence electrons. The standard InChI is InChI=1S/C15H19N3O3S/c1-9(2)4-5-13(19)18-15-17-12(8-22-15)10-6-11(16-7-10)14(20)21-3/h6-9,16H,4-5H2,1-3H3,(H,17,18,19). The molecule has 6 nitrogen and oxygen atoms in total. The molecule has 0 saturated carbocycles. The van der Waals surface area contributed by atoms with Gasteiger partial charge in [-0.05, 0) is 18.4 Å². The van der Waals surface area contributed by atoms with Crippen LogP contribution in [-0.4, -0.2) is 29.0 Å². The summed E-state index contributed by atoms with van der Waals surface area (Å²) in [6.45, 7) is 4.17. The van der Waals surface area contributed by atoms with Crippen LogP contribution in [0.25, 0.3) is 11.3 Å². The van der Waals surface area contributed by atoms with Crippen LogP contribution in [0, 0.1) is 5.92 Å². The van der Waals surface area contributed by atoms with E-state index in [4.69, 9.17) is 0 Å². The first-order chi connectivity index (χ1) is 10.5. The lowest BCUT2D eigenvalue weighted by molar-refractivity contribution is -0.116. The number of nitrogens with zero attached hydrogens (tertiary/aromatic N) is 1. The Hall–Kier alpha value is -2.15. The van der Waals surface area contributed by atoms with Gasteiger partial charge in [-0.3, -0.25) is 4.79 Å². The fourth-order valence-electron chi connectivity index (χ4n) is 1.84. The maximum absolute atomic E-state index is 11.8. The number of carbonyl (C=O) groups excluding carboxylic acids is 2. The summed E-state index contributed by atoms with van der Waals surface area (Å²) in [6, 6.07) is 1.67. The number of thiazole rings is 1. The Kier molecular flexibility index (Phi) is 5.32. The fourth-order valence-corrected chi connectivity index (χ4v) is 2.57. The summed E-state index contributed by atoms with van der Waals surface area (Å²) < 4.78 is 4.64. The molecule has 2 aromatic heterocycles. The van der Waals surface area contributed by atoms with Gasteiger partial charge in [0.2, 0.25) is 5.91 Å². The van der Waals surface area contributed by atoms with Crippen molar-refractivity contribution >= 4 is 28.3 Å². The monoisotopic (exact) mass is 321 g/mol. The number of aromatic amines is 1. The molecule has 7 heteroatoms. The van der Waals surface area contributed by atoms with Crippen molar-refractivity contribution < 1.29 is 14.3 Å². The SMILES string of the molecule is COC(=O)c1cc(-c2csc(NC(=O)CCC(C)C)n2)c[nH]1. The smallest absolute Gasteiger partial charge is 0.354 e. The third-order valence-electron chi connectivity index (χ3n) is 3.08. The van der Waals surface area contributed by atoms with Crippen molar-refractivity contribution in [2.24, 2.45) is 5.92 Å². The van der Waals surface area contributed by atoms with Crippen LogP contribution in [-0.2, 0) is 9.53 Å². The van der Waals surface area contributed by atoms with Gasteiger partial charge in [0, 0.05) is 23.6 Å². The molecule has 0 aliphatic heterocycles. The lowest BCUT2D eigenvalue weighted by Crippen LogP contribution is -2.11. The summed E-state index contributed by atoms with van der Waals surface area (Å²) in [6.07, 6.45) is 3.03. The van der Waals surface area contributed by atoms with E-state index in [-0.39, 0.29) is 5.91 Å². The van der Waals surface area contributed by atoms with Gasteiger partial charge in [0.25, 0.3) is 0 Å². The predicted octanol–water partition coefficient (Wildman–Crippen LogP) is 3.30. The van der Waals surface area contributed by atoms with Gasteiger partial charge < -0.3 is 15.0 Å². The van der Waals surface area contributed by atoms with E-state index in [0.29, 0.717) is 28.9 Å². The average Bonchev–Trinajstić information content (AvgIpc) is 3.13. The highest BCUT2D eigenvalue weighted by Gasteiger charge is 2.13. The van der Waals surface area contributed by atoms with Crippen LogP contribution in [0.5, 0.6) is 0 Å². The minimum absolute atomic E-state index is 0.0288. The number of amides is 1. The maximum Gasteiger partial charge on any atom is 0.354 e. The Morgan fingerprint density at radius 3 is 2.91 bits per heavy atom. The lowest BCUT2D eigenvalue weighted by atomic mass is 10.1. The van der Waals surface area contributed by atoms with Crippen LogP contribution in [0.4, 0.5) is 5.13 Å². The van der Waals surface area contributed by atoms with E-state index in [1.807, 2.05) is 5.38 Å². The van der Waals surface area contributed by atoms with E-state index in [0.717, 1.165) is 12.0 Å². The van der Waals surface area contributed by atoms with E-state index in [1.165, 1.54) is 18.4 Å². The molecular formula is C15H19N3O3S. The van der Waals surface area contributed by atoms with E-state index in [9.17, 15) is 9.59 Å². The molecule has 2 aromatic rings. The second-order valence-corrected chi connectivity index (χ2v) is 6.17. The molecule has 0 aliphatic rings. The number of methoxy groups -OCH3 is 1. The van der Waals surface area contributed by atoms with Gasteiger partial charge in [-0.1, -0.05) is 13.8 Å². The second kappa shape index (κ2) is 7.22. The third kappa shape index (κ3) is 4.17. The van der Waals surface area contributed by atoms with E-state index in [2.05, 4.69) is 33.9 Å².